The van der Waals surface area contributed by atoms with E-state index >= 15 is 0 Å². The first kappa shape index (κ1) is 16.0. The van der Waals surface area contributed by atoms with Gasteiger partial charge in [-0.2, -0.15) is 0 Å². The minimum atomic E-state index is -0.738. The molecular formula is C16H15BrF3N. The van der Waals surface area contributed by atoms with Crippen LogP contribution in [0.15, 0.2) is 34.8 Å². The van der Waals surface area contributed by atoms with Gasteiger partial charge in [-0.05, 0) is 42.8 Å². The molecule has 1 unspecified atom stereocenters. The molecule has 2 rings (SSSR count). The molecule has 2 aromatic carbocycles. The van der Waals surface area contributed by atoms with E-state index in [1.54, 1.807) is 19.1 Å². The van der Waals surface area contributed by atoms with Crippen LogP contribution in [0.3, 0.4) is 0 Å². The highest BCUT2D eigenvalue weighted by Gasteiger charge is 2.22. The van der Waals surface area contributed by atoms with Crippen molar-refractivity contribution in [3.05, 3.63) is 68.9 Å². The van der Waals surface area contributed by atoms with Crippen LogP contribution in [0.4, 0.5) is 13.2 Å². The predicted molar refractivity (Wildman–Crippen MR) is 80.7 cm³/mol. The minimum Gasteiger partial charge on any atom is -0.306 e. The van der Waals surface area contributed by atoms with E-state index in [1.165, 1.54) is 18.2 Å². The van der Waals surface area contributed by atoms with Crippen molar-refractivity contribution in [3.63, 3.8) is 0 Å². The zero-order valence-corrected chi connectivity index (χ0v) is 13.3. The van der Waals surface area contributed by atoms with Crippen LogP contribution in [-0.4, -0.2) is 6.54 Å². The van der Waals surface area contributed by atoms with Gasteiger partial charge in [0.25, 0.3) is 0 Å². The molecule has 0 aromatic heterocycles. The van der Waals surface area contributed by atoms with Crippen molar-refractivity contribution < 1.29 is 13.2 Å². The van der Waals surface area contributed by atoms with Crippen LogP contribution < -0.4 is 5.32 Å². The van der Waals surface area contributed by atoms with Gasteiger partial charge in [-0.25, -0.2) is 13.2 Å². The molecule has 0 aliphatic carbocycles. The van der Waals surface area contributed by atoms with Crippen molar-refractivity contribution in [2.24, 2.45) is 0 Å². The number of hydrogen-bond acceptors (Lipinski definition) is 1. The first-order valence-corrected chi connectivity index (χ1v) is 7.37. The lowest BCUT2D eigenvalue weighted by Crippen LogP contribution is -2.24. The van der Waals surface area contributed by atoms with Crippen molar-refractivity contribution in [1.82, 2.24) is 5.32 Å². The Bertz CT molecular complexity index is 635. The molecule has 0 heterocycles. The molecule has 112 valence electrons. The van der Waals surface area contributed by atoms with Crippen LogP contribution in [-0.2, 0) is 0 Å². The third kappa shape index (κ3) is 3.47. The maximum atomic E-state index is 14.1. The summed E-state index contributed by atoms with van der Waals surface area (Å²) in [6.45, 7) is 3.96. The lowest BCUT2D eigenvalue weighted by molar-refractivity contribution is 0.507. The Hall–Kier alpha value is -1.33. The molecule has 0 saturated heterocycles. The quantitative estimate of drug-likeness (QED) is 0.822. The molecule has 1 N–H and O–H groups in total. The molecule has 0 bridgehead atoms. The second-order valence-corrected chi connectivity index (χ2v) is 5.70. The SMILES string of the molecule is CCNC(c1ccc(C)c(F)c1)c1c(F)cc(Br)cc1F. The summed E-state index contributed by atoms with van der Waals surface area (Å²) in [5, 5.41) is 3.00. The van der Waals surface area contributed by atoms with E-state index in [0.29, 0.717) is 22.1 Å². The Morgan fingerprint density at radius 1 is 1.05 bits per heavy atom. The van der Waals surface area contributed by atoms with Crippen LogP contribution in [0.5, 0.6) is 0 Å². The Balaban J connectivity index is 2.55. The Morgan fingerprint density at radius 3 is 2.19 bits per heavy atom. The summed E-state index contributed by atoms with van der Waals surface area (Å²) < 4.78 is 42.4. The van der Waals surface area contributed by atoms with Gasteiger partial charge < -0.3 is 5.32 Å². The third-order valence-corrected chi connectivity index (χ3v) is 3.73. The highest BCUT2D eigenvalue weighted by molar-refractivity contribution is 9.10. The lowest BCUT2D eigenvalue weighted by atomic mass is 9.96. The Kier molecular flexibility index (Phi) is 5.06. The van der Waals surface area contributed by atoms with Gasteiger partial charge in [-0.15, -0.1) is 0 Å². The second kappa shape index (κ2) is 6.62. The van der Waals surface area contributed by atoms with Crippen molar-refractivity contribution in [2.75, 3.05) is 6.54 Å². The summed E-state index contributed by atoms with van der Waals surface area (Å²) in [4.78, 5) is 0. The fraction of sp³-hybridized carbons (Fsp3) is 0.250. The Labute approximate surface area is 130 Å². The highest BCUT2D eigenvalue weighted by atomic mass is 79.9. The van der Waals surface area contributed by atoms with Crippen LogP contribution in [0, 0.1) is 24.4 Å². The smallest absolute Gasteiger partial charge is 0.132 e. The molecule has 0 aliphatic rings. The predicted octanol–water partition coefficient (Wildman–Crippen LogP) is 4.87. The monoisotopic (exact) mass is 357 g/mol. The number of halogens is 4. The standard InChI is InChI=1S/C16H15BrF3N/c1-3-21-16(10-5-4-9(2)12(18)6-10)15-13(19)7-11(17)8-14(15)20/h4-8,16,21H,3H2,1-2H3. The van der Waals surface area contributed by atoms with Gasteiger partial charge in [-0.1, -0.05) is 35.0 Å². The maximum absolute atomic E-state index is 14.1. The van der Waals surface area contributed by atoms with Crippen molar-refractivity contribution in [3.8, 4) is 0 Å². The zero-order chi connectivity index (χ0) is 15.6. The molecule has 2 aromatic rings. The van der Waals surface area contributed by atoms with E-state index in [0.717, 1.165) is 0 Å². The molecule has 0 saturated carbocycles. The third-order valence-electron chi connectivity index (χ3n) is 3.27. The first-order valence-electron chi connectivity index (χ1n) is 6.58. The van der Waals surface area contributed by atoms with Gasteiger partial charge in [0.2, 0.25) is 0 Å². The maximum Gasteiger partial charge on any atom is 0.132 e. The molecular weight excluding hydrogens is 343 g/mol. The first-order chi connectivity index (χ1) is 9.93. The van der Waals surface area contributed by atoms with Crippen LogP contribution >= 0.6 is 15.9 Å². The fourth-order valence-electron chi connectivity index (χ4n) is 2.21. The molecule has 0 aliphatic heterocycles. The number of rotatable bonds is 4. The van der Waals surface area contributed by atoms with Gasteiger partial charge in [0, 0.05) is 10.0 Å². The average molecular weight is 358 g/mol. The van der Waals surface area contributed by atoms with E-state index in [4.69, 9.17) is 0 Å². The second-order valence-electron chi connectivity index (χ2n) is 4.78. The summed E-state index contributed by atoms with van der Waals surface area (Å²) in [6.07, 6.45) is 0. The molecule has 5 heteroatoms. The van der Waals surface area contributed by atoms with Crippen LogP contribution in [0.1, 0.15) is 29.7 Å². The fourth-order valence-corrected chi connectivity index (χ4v) is 2.61. The normalized spacial score (nSPS) is 12.5. The van der Waals surface area contributed by atoms with Gasteiger partial charge in [0.05, 0.1) is 6.04 Å². The van der Waals surface area contributed by atoms with Crippen molar-refractivity contribution >= 4 is 15.9 Å². The summed E-state index contributed by atoms with van der Waals surface area (Å²) in [6, 6.07) is 6.25. The van der Waals surface area contributed by atoms with Gasteiger partial charge in [0.15, 0.2) is 0 Å². The van der Waals surface area contributed by atoms with Crippen molar-refractivity contribution in [1.29, 1.82) is 0 Å². The number of hydrogen-bond donors (Lipinski definition) is 1. The molecule has 0 spiro atoms. The van der Waals surface area contributed by atoms with E-state index in [1.807, 2.05) is 6.92 Å². The lowest BCUT2D eigenvalue weighted by Gasteiger charge is -2.21. The van der Waals surface area contributed by atoms with E-state index in [9.17, 15) is 13.2 Å². The zero-order valence-electron chi connectivity index (χ0n) is 11.7. The van der Waals surface area contributed by atoms with E-state index < -0.39 is 23.5 Å². The van der Waals surface area contributed by atoms with Gasteiger partial charge in [-0.3, -0.25) is 0 Å². The minimum absolute atomic E-state index is 0.108. The molecule has 0 amide bonds. The van der Waals surface area contributed by atoms with E-state index in [-0.39, 0.29) is 5.56 Å². The van der Waals surface area contributed by atoms with Gasteiger partial charge >= 0.3 is 0 Å². The molecule has 0 fully saturated rings. The summed E-state index contributed by atoms with van der Waals surface area (Å²) in [5.74, 6) is -1.74. The highest BCUT2D eigenvalue weighted by Crippen LogP contribution is 2.30. The topological polar surface area (TPSA) is 12.0 Å². The van der Waals surface area contributed by atoms with Crippen molar-refractivity contribution in [2.45, 2.75) is 19.9 Å². The van der Waals surface area contributed by atoms with Gasteiger partial charge in [0.1, 0.15) is 17.5 Å². The molecule has 21 heavy (non-hydrogen) atoms. The summed E-state index contributed by atoms with van der Waals surface area (Å²) >= 11 is 3.05. The average Bonchev–Trinajstić information content (AvgIpc) is 2.40. The Morgan fingerprint density at radius 2 is 1.67 bits per heavy atom. The van der Waals surface area contributed by atoms with Crippen LogP contribution in [0.25, 0.3) is 0 Å². The van der Waals surface area contributed by atoms with E-state index in [2.05, 4.69) is 21.2 Å². The molecule has 1 nitrogen and oxygen atoms in total. The molecule has 0 radical (unpaired) electrons. The summed E-state index contributed by atoms with van der Waals surface area (Å²) in [5.41, 5.74) is 0.870. The summed E-state index contributed by atoms with van der Waals surface area (Å²) in [7, 11) is 0. The molecule has 1 atom stereocenters. The van der Waals surface area contributed by atoms with Crippen LogP contribution in [0.2, 0.25) is 0 Å². The number of benzene rings is 2. The number of aryl methyl sites for hydroxylation is 1. The largest absolute Gasteiger partial charge is 0.306 e. The number of nitrogens with one attached hydrogen (secondary N) is 1.